The van der Waals surface area contributed by atoms with Gasteiger partial charge in [-0.15, -0.1) is 0 Å². The molecule has 1 aliphatic carbocycles. The van der Waals surface area contributed by atoms with Crippen molar-refractivity contribution in [2.45, 2.75) is 44.3 Å². The number of carbonyl (C=O) groups excluding carboxylic acids is 1. The zero-order valence-electron chi connectivity index (χ0n) is 8.49. The molecule has 1 heterocycles. The highest BCUT2D eigenvalue weighted by Gasteiger charge is 2.35. The topological polar surface area (TPSA) is 35.5 Å². The monoisotopic (exact) mass is 196 g/mol. The molecule has 14 heavy (non-hydrogen) atoms. The van der Waals surface area contributed by atoms with E-state index < -0.39 is 0 Å². The molecular formula is C11H16O3. The fraction of sp³-hybridized carbons (Fsp3) is 0.727. The zero-order chi connectivity index (χ0) is 10.0. The fourth-order valence-electron chi connectivity index (χ4n) is 2.21. The Morgan fingerprint density at radius 2 is 2.43 bits per heavy atom. The van der Waals surface area contributed by atoms with E-state index in [4.69, 9.17) is 9.47 Å². The maximum absolute atomic E-state index is 10.7. The summed E-state index contributed by atoms with van der Waals surface area (Å²) in [5.74, 6) is -0.206. The van der Waals surface area contributed by atoms with Crippen molar-refractivity contribution in [2.24, 2.45) is 0 Å². The summed E-state index contributed by atoms with van der Waals surface area (Å²) in [6.07, 6.45) is 8.12. The average Bonchev–Trinajstić information content (AvgIpc) is 2.58. The van der Waals surface area contributed by atoms with E-state index in [1.54, 1.807) is 0 Å². The van der Waals surface area contributed by atoms with Crippen LogP contribution < -0.4 is 0 Å². The molecule has 1 saturated heterocycles. The third-order valence-corrected chi connectivity index (χ3v) is 2.92. The van der Waals surface area contributed by atoms with Crippen LogP contribution in [0.2, 0.25) is 0 Å². The van der Waals surface area contributed by atoms with Crippen LogP contribution in [0, 0.1) is 0 Å². The van der Waals surface area contributed by atoms with E-state index in [-0.39, 0.29) is 17.7 Å². The Morgan fingerprint density at radius 1 is 1.57 bits per heavy atom. The van der Waals surface area contributed by atoms with Gasteiger partial charge in [-0.2, -0.15) is 0 Å². The summed E-state index contributed by atoms with van der Waals surface area (Å²) >= 11 is 0. The minimum atomic E-state index is -0.206. The summed E-state index contributed by atoms with van der Waals surface area (Å²) < 4.78 is 10.8. The second-order valence-corrected chi connectivity index (χ2v) is 4.06. The van der Waals surface area contributed by atoms with Gasteiger partial charge in [0, 0.05) is 13.5 Å². The fourth-order valence-corrected chi connectivity index (χ4v) is 2.21. The Hall–Kier alpha value is -0.830. The van der Waals surface area contributed by atoms with Crippen LogP contribution in [0.15, 0.2) is 12.2 Å². The quantitative estimate of drug-likeness (QED) is 0.474. The predicted octanol–water partition coefficient (Wildman–Crippen LogP) is 1.82. The molecule has 2 atom stereocenters. The van der Waals surface area contributed by atoms with Gasteiger partial charge < -0.3 is 9.47 Å². The largest absolute Gasteiger partial charge is 0.458 e. The van der Waals surface area contributed by atoms with Crippen molar-refractivity contribution in [1.82, 2.24) is 0 Å². The first-order valence-corrected chi connectivity index (χ1v) is 5.21. The maximum atomic E-state index is 10.7. The highest BCUT2D eigenvalue weighted by molar-refractivity contribution is 5.66. The van der Waals surface area contributed by atoms with E-state index in [2.05, 4.69) is 6.08 Å². The van der Waals surface area contributed by atoms with Crippen molar-refractivity contribution in [3.05, 3.63) is 12.2 Å². The molecular weight excluding hydrogens is 180 g/mol. The van der Waals surface area contributed by atoms with Crippen molar-refractivity contribution in [3.8, 4) is 0 Å². The van der Waals surface area contributed by atoms with Gasteiger partial charge in [-0.25, -0.2) is 0 Å². The number of rotatable bonds is 1. The van der Waals surface area contributed by atoms with E-state index in [0.29, 0.717) is 0 Å². The van der Waals surface area contributed by atoms with Crippen LogP contribution in [-0.4, -0.2) is 24.3 Å². The van der Waals surface area contributed by atoms with Crippen molar-refractivity contribution < 1.29 is 14.3 Å². The van der Waals surface area contributed by atoms with Crippen molar-refractivity contribution in [3.63, 3.8) is 0 Å². The van der Waals surface area contributed by atoms with Crippen molar-refractivity contribution in [2.75, 3.05) is 6.61 Å². The Bertz CT molecular complexity index is 251. The molecule has 0 radical (unpaired) electrons. The molecule has 1 fully saturated rings. The van der Waals surface area contributed by atoms with Crippen LogP contribution in [0.1, 0.15) is 32.6 Å². The molecule has 0 saturated carbocycles. The molecule has 3 nitrogen and oxygen atoms in total. The van der Waals surface area contributed by atoms with E-state index in [0.717, 1.165) is 32.3 Å². The smallest absolute Gasteiger partial charge is 0.303 e. The summed E-state index contributed by atoms with van der Waals surface area (Å²) in [5.41, 5.74) is -0.0311. The lowest BCUT2D eigenvalue weighted by Crippen LogP contribution is -2.31. The SMILES string of the molecule is CC(=O)O[C@H]1C=C[C@@]2(CCCO2)CC1. The second kappa shape index (κ2) is 3.73. The summed E-state index contributed by atoms with van der Waals surface area (Å²) in [6.45, 7) is 2.31. The molecule has 0 bridgehead atoms. The minimum absolute atomic E-state index is 0.0311. The van der Waals surface area contributed by atoms with Crippen LogP contribution in [0.5, 0.6) is 0 Å². The van der Waals surface area contributed by atoms with Crippen LogP contribution in [0.3, 0.4) is 0 Å². The molecule has 78 valence electrons. The predicted molar refractivity (Wildman–Crippen MR) is 51.8 cm³/mol. The lowest BCUT2D eigenvalue weighted by Gasteiger charge is -2.30. The van der Waals surface area contributed by atoms with Gasteiger partial charge in [0.25, 0.3) is 0 Å². The van der Waals surface area contributed by atoms with Crippen LogP contribution in [0.25, 0.3) is 0 Å². The molecule has 0 aromatic carbocycles. The van der Waals surface area contributed by atoms with Gasteiger partial charge in [0.1, 0.15) is 6.10 Å². The molecule has 3 heteroatoms. The minimum Gasteiger partial charge on any atom is -0.458 e. The zero-order valence-corrected chi connectivity index (χ0v) is 8.49. The lowest BCUT2D eigenvalue weighted by molar-refractivity contribution is -0.145. The van der Waals surface area contributed by atoms with Gasteiger partial charge >= 0.3 is 5.97 Å². The van der Waals surface area contributed by atoms with E-state index >= 15 is 0 Å². The van der Waals surface area contributed by atoms with Crippen LogP contribution in [-0.2, 0) is 14.3 Å². The second-order valence-electron chi connectivity index (χ2n) is 4.06. The lowest BCUT2D eigenvalue weighted by atomic mass is 9.87. The first kappa shape index (κ1) is 9.71. The van der Waals surface area contributed by atoms with Gasteiger partial charge in [0.05, 0.1) is 5.60 Å². The first-order valence-electron chi connectivity index (χ1n) is 5.21. The van der Waals surface area contributed by atoms with Gasteiger partial charge in [0.2, 0.25) is 0 Å². The Morgan fingerprint density at radius 3 is 2.93 bits per heavy atom. The number of ether oxygens (including phenoxy) is 2. The molecule has 0 aromatic heterocycles. The molecule has 0 aromatic rings. The Kier molecular flexibility index (Phi) is 2.59. The molecule has 1 spiro atoms. The average molecular weight is 196 g/mol. The highest BCUT2D eigenvalue weighted by atomic mass is 16.5. The Balaban J connectivity index is 1.95. The summed E-state index contributed by atoms with van der Waals surface area (Å²) in [7, 11) is 0. The van der Waals surface area contributed by atoms with E-state index in [1.807, 2.05) is 6.08 Å². The standard InChI is InChI=1S/C11H16O3/c1-9(12)14-10-3-6-11(7-4-10)5-2-8-13-11/h3,6,10H,2,4-5,7-8H2,1H3/t10-,11-/m0/s1. The number of hydrogen-bond acceptors (Lipinski definition) is 3. The van der Waals surface area contributed by atoms with Gasteiger partial charge in [0.15, 0.2) is 0 Å². The number of hydrogen-bond donors (Lipinski definition) is 0. The Labute approximate surface area is 84.1 Å². The number of esters is 1. The maximum Gasteiger partial charge on any atom is 0.303 e. The molecule has 0 amide bonds. The molecule has 2 rings (SSSR count). The van der Waals surface area contributed by atoms with Crippen LogP contribution >= 0.6 is 0 Å². The third kappa shape index (κ3) is 1.98. The summed E-state index contributed by atoms with van der Waals surface area (Å²) in [4.78, 5) is 10.7. The highest BCUT2D eigenvalue weighted by Crippen LogP contribution is 2.35. The van der Waals surface area contributed by atoms with Gasteiger partial charge in [-0.05, 0) is 31.8 Å². The molecule has 2 aliphatic rings. The molecule has 0 unspecified atom stereocenters. The van der Waals surface area contributed by atoms with Crippen LogP contribution in [0.4, 0.5) is 0 Å². The van der Waals surface area contributed by atoms with Gasteiger partial charge in [-0.3, -0.25) is 4.79 Å². The van der Waals surface area contributed by atoms with Gasteiger partial charge in [-0.1, -0.05) is 6.08 Å². The summed E-state index contributed by atoms with van der Waals surface area (Å²) in [5, 5.41) is 0. The molecule has 0 N–H and O–H groups in total. The number of carbonyl (C=O) groups is 1. The summed E-state index contributed by atoms with van der Waals surface area (Å²) in [6, 6.07) is 0. The van der Waals surface area contributed by atoms with E-state index in [1.165, 1.54) is 6.92 Å². The first-order chi connectivity index (χ1) is 6.70. The third-order valence-electron chi connectivity index (χ3n) is 2.92. The molecule has 1 aliphatic heterocycles. The van der Waals surface area contributed by atoms with E-state index in [9.17, 15) is 4.79 Å². The normalized spacial score (nSPS) is 36.2. The van der Waals surface area contributed by atoms with Crippen molar-refractivity contribution >= 4 is 5.97 Å². The van der Waals surface area contributed by atoms with Crippen molar-refractivity contribution in [1.29, 1.82) is 0 Å².